The lowest BCUT2D eigenvalue weighted by Gasteiger charge is -2.37. The molecule has 5 amide bonds. The molecular formula is C32H55N7O7S. The molecule has 14 nitrogen and oxygen atoms in total. The average molecular weight is 682 g/mol. The number of Topliss-reactive ketones (excluding diaryl/α,β-unsaturated/α-hetero) is 1. The van der Waals surface area contributed by atoms with Crippen molar-refractivity contribution in [2.45, 2.75) is 112 Å². The summed E-state index contributed by atoms with van der Waals surface area (Å²) in [6, 6.07) is -4.34. The van der Waals surface area contributed by atoms with Crippen LogP contribution in [0.5, 0.6) is 0 Å². The first-order chi connectivity index (χ1) is 21.6. The number of carbonyl (C=O) groups excluding carboxylic acids is 5. The van der Waals surface area contributed by atoms with Crippen molar-refractivity contribution in [3.05, 3.63) is 11.6 Å². The first-order valence-electron chi connectivity index (χ1n) is 16.5. The summed E-state index contributed by atoms with van der Waals surface area (Å²) in [6.45, 7) is 15.9. The van der Waals surface area contributed by atoms with Crippen molar-refractivity contribution in [1.82, 2.24) is 29.9 Å². The van der Waals surface area contributed by atoms with Gasteiger partial charge in [0.2, 0.25) is 17.6 Å². The molecule has 0 aromatic heterocycles. The summed E-state index contributed by atoms with van der Waals surface area (Å²) in [6.07, 6.45) is 5.20. The predicted octanol–water partition coefficient (Wildman–Crippen LogP) is 1.18. The molecule has 266 valence electrons. The van der Waals surface area contributed by atoms with Gasteiger partial charge in [0.05, 0.1) is 6.04 Å². The molecule has 3 fully saturated rings. The van der Waals surface area contributed by atoms with Gasteiger partial charge in [-0.3, -0.25) is 19.2 Å². The topological polar surface area (TPSA) is 200 Å². The lowest BCUT2D eigenvalue weighted by Crippen LogP contribution is -2.62. The Hall–Kier alpha value is -3.04. The smallest absolute Gasteiger partial charge is 0.315 e. The van der Waals surface area contributed by atoms with Crippen LogP contribution < -0.4 is 26.4 Å². The fourth-order valence-electron chi connectivity index (χ4n) is 5.84. The van der Waals surface area contributed by atoms with Crippen LogP contribution in [-0.2, 0) is 29.4 Å². The second-order valence-corrected chi connectivity index (χ2v) is 17.4. The summed E-state index contributed by atoms with van der Waals surface area (Å²) in [5.41, 5.74) is 4.98. The van der Waals surface area contributed by atoms with Crippen molar-refractivity contribution in [3.8, 4) is 0 Å². The number of allylic oxidation sites excluding steroid dienone is 1. The summed E-state index contributed by atoms with van der Waals surface area (Å²) in [5, 5.41) is 8.38. The molecule has 0 spiro atoms. The van der Waals surface area contributed by atoms with Crippen LogP contribution in [-0.4, -0.2) is 97.5 Å². The SMILES string of the molecule is CC(C)=CC1C[C@@H](C(=O)NC(CC2CC2)C(=O)C(N)=O)N(C(=O)[C@@H](NC(=O)N[C@H](CNS(=O)(=O)N2CCC2)C(C)(C)C)C(C)(C)C)C1. The van der Waals surface area contributed by atoms with Gasteiger partial charge < -0.3 is 26.6 Å². The number of urea groups is 1. The van der Waals surface area contributed by atoms with Crippen molar-refractivity contribution < 1.29 is 32.4 Å². The Labute approximate surface area is 279 Å². The molecule has 3 aliphatic rings. The largest absolute Gasteiger partial charge is 0.363 e. The van der Waals surface area contributed by atoms with E-state index in [1.807, 2.05) is 40.7 Å². The second kappa shape index (κ2) is 15.0. The minimum atomic E-state index is -3.67. The number of primary amides is 1. The summed E-state index contributed by atoms with van der Waals surface area (Å²) >= 11 is 0. The van der Waals surface area contributed by atoms with Crippen LogP contribution in [0.2, 0.25) is 0 Å². The van der Waals surface area contributed by atoms with E-state index in [1.54, 1.807) is 20.8 Å². The Morgan fingerprint density at radius 3 is 2.02 bits per heavy atom. The van der Waals surface area contributed by atoms with Gasteiger partial charge in [0, 0.05) is 32.2 Å². The molecule has 6 N–H and O–H groups in total. The highest BCUT2D eigenvalue weighted by Crippen LogP contribution is 2.34. The molecule has 1 aliphatic carbocycles. The van der Waals surface area contributed by atoms with Gasteiger partial charge in [0.25, 0.3) is 16.1 Å². The maximum atomic E-state index is 14.3. The van der Waals surface area contributed by atoms with Gasteiger partial charge in [0.1, 0.15) is 12.1 Å². The van der Waals surface area contributed by atoms with Crippen LogP contribution in [0, 0.1) is 22.7 Å². The number of hydrogen-bond donors (Lipinski definition) is 5. The Bertz CT molecular complexity index is 1340. The normalized spacial score (nSPS) is 22.3. The number of amides is 5. The van der Waals surface area contributed by atoms with Crippen molar-refractivity contribution >= 4 is 39.7 Å². The van der Waals surface area contributed by atoms with Crippen LogP contribution in [0.4, 0.5) is 4.79 Å². The molecule has 0 bridgehead atoms. The standard InChI is InChI=1S/C32H55N7O7S/c1-19(2)14-21-16-23(28(42)35-22(15-20-10-11-20)25(40)27(33)41)39(18-21)29(43)26(32(6,7)8)37-30(44)36-24(31(3,4)5)17-34-47(45,46)38-12-9-13-38/h14,20-24,26,34H,9-13,15-18H2,1-8H3,(H2,33,41)(H,35,42)(H2,36,37,44)/t21?,22?,23-,24+,26+/m0/s1. The minimum absolute atomic E-state index is 0.0469. The Morgan fingerprint density at radius 2 is 1.55 bits per heavy atom. The summed E-state index contributed by atoms with van der Waals surface area (Å²) in [7, 11) is -3.67. The van der Waals surface area contributed by atoms with Crippen molar-refractivity contribution in [2.75, 3.05) is 26.2 Å². The maximum Gasteiger partial charge on any atom is 0.315 e. The first-order valence-corrected chi connectivity index (χ1v) is 18.0. The predicted molar refractivity (Wildman–Crippen MR) is 178 cm³/mol. The van der Waals surface area contributed by atoms with Crippen LogP contribution in [0.3, 0.4) is 0 Å². The summed E-state index contributed by atoms with van der Waals surface area (Å²) in [4.78, 5) is 67.2. The van der Waals surface area contributed by atoms with Crippen LogP contribution in [0.25, 0.3) is 0 Å². The Morgan fingerprint density at radius 1 is 0.936 bits per heavy atom. The fourth-order valence-corrected chi connectivity index (χ4v) is 7.14. The summed E-state index contributed by atoms with van der Waals surface area (Å²) < 4.78 is 29.1. The molecule has 3 rings (SSSR count). The lowest BCUT2D eigenvalue weighted by molar-refractivity contribution is -0.143. The molecule has 2 aliphatic heterocycles. The summed E-state index contributed by atoms with van der Waals surface area (Å²) in [5.74, 6) is -2.94. The monoisotopic (exact) mass is 681 g/mol. The van der Waals surface area contributed by atoms with Gasteiger partial charge in [0.15, 0.2) is 0 Å². The molecule has 1 saturated carbocycles. The highest BCUT2D eigenvalue weighted by Gasteiger charge is 2.46. The third kappa shape index (κ3) is 10.7. The number of carbonyl (C=O) groups is 5. The number of likely N-dealkylation sites (tertiary alicyclic amines) is 1. The highest BCUT2D eigenvalue weighted by atomic mass is 32.2. The molecule has 0 aromatic carbocycles. The zero-order chi connectivity index (χ0) is 35.5. The number of rotatable bonds is 14. The van der Waals surface area contributed by atoms with E-state index in [-0.39, 0.29) is 24.9 Å². The number of nitrogens with two attached hydrogens (primary N) is 1. The van der Waals surface area contributed by atoms with Gasteiger partial charge in [-0.15, -0.1) is 0 Å². The zero-order valence-corrected chi connectivity index (χ0v) is 30.0. The quantitative estimate of drug-likeness (QED) is 0.134. The van der Waals surface area contributed by atoms with E-state index < -0.39 is 74.7 Å². The minimum Gasteiger partial charge on any atom is -0.363 e. The lowest BCUT2D eigenvalue weighted by atomic mass is 9.85. The third-order valence-corrected chi connectivity index (χ3v) is 10.6. The molecule has 47 heavy (non-hydrogen) atoms. The van der Waals surface area contributed by atoms with Gasteiger partial charge in [-0.2, -0.15) is 12.7 Å². The molecule has 2 unspecified atom stereocenters. The maximum absolute atomic E-state index is 14.3. The molecule has 2 saturated heterocycles. The van der Waals surface area contributed by atoms with Crippen molar-refractivity contribution in [2.24, 2.45) is 28.4 Å². The molecule has 2 heterocycles. The van der Waals surface area contributed by atoms with E-state index in [0.717, 1.165) is 24.8 Å². The van der Waals surface area contributed by atoms with E-state index in [4.69, 9.17) is 5.73 Å². The van der Waals surface area contributed by atoms with E-state index in [1.165, 1.54) is 9.21 Å². The third-order valence-electron chi connectivity index (χ3n) is 8.99. The fraction of sp³-hybridized carbons (Fsp3) is 0.781. The molecule has 0 radical (unpaired) electrons. The van der Waals surface area contributed by atoms with Gasteiger partial charge >= 0.3 is 6.03 Å². The van der Waals surface area contributed by atoms with Crippen LogP contribution in [0.1, 0.15) is 87.5 Å². The van der Waals surface area contributed by atoms with Gasteiger partial charge in [-0.25, -0.2) is 9.52 Å². The molecule has 5 atom stereocenters. The molecular weight excluding hydrogens is 626 g/mol. The van der Waals surface area contributed by atoms with Crippen molar-refractivity contribution in [3.63, 3.8) is 0 Å². The highest BCUT2D eigenvalue weighted by molar-refractivity contribution is 7.87. The van der Waals surface area contributed by atoms with E-state index in [9.17, 15) is 32.4 Å². The first kappa shape index (κ1) is 38.4. The van der Waals surface area contributed by atoms with Crippen molar-refractivity contribution in [1.29, 1.82) is 0 Å². The Balaban J connectivity index is 1.80. The molecule has 0 aromatic rings. The van der Waals surface area contributed by atoms with E-state index in [0.29, 0.717) is 25.9 Å². The van der Waals surface area contributed by atoms with E-state index in [2.05, 4.69) is 20.7 Å². The van der Waals surface area contributed by atoms with Crippen LogP contribution >= 0.6 is 0 Å². The Kier molecular flexibility index (Phi) is 12.3. The number of ketones is 1. The average Bonchev–Trinajstić information content (AvgIpc) is 3.61. The van der Waals surface area contributed by atoms with Gasteiger partial charge in [-0.05, 0) is 55.8 Å². The zero-order valence-electron chi connectivity index (χ0n) is 29.1. The number of nitrogens with one attached hydrogen (secondary N) is 4. The number of nitrogens with zero attached hydrogens (tertiary/aromatic N) is 2. The van der Waals surface area contributed by atoms with Gasteiger partial charge in [-0.1, -0.05) is 66.0 Å². The molecule has 15 heteroatoms. The van der Waals surface area contributed by atoms with Crippen LogP contribution in [0.15, 0.2) is 11.6 Å². The second-order valence-electron chi connectivity index (χ2n) is 15.7. The van der Waals surface area contributed by atoms with E-state index >= 15 is 0 Å². The number of hydrogen-bond acceptors (Lipinski definition) is 7.